The predicted molar refractivity (Wildman–Crippen MR) is 97.6 cm³/mol. The number of ketones is 1. The van der Waals surface area contributed by atoms with Crippen LogP contribution in [-0.2, 0) is 24.9 Å². The Bertz CT molecular complexity index is 902. The van der Waals surface area contributed by atoms with Crippen molar-refractivity contribution < 1.29 is 29.2 Å². The molecule has 1 aliphatic carbocycles. The van der Waals surface area contributed by atoms with Gasteiger partial charge in [-0.25, -0.2) is 10.1 Å². The summed E-state index contributed by atoms with van der Waals surface area (Å²) in [5.41, 5.74) is 0.349. The van der Waals surface area contributed by atoms with Gasteiger partial charge in [-0.15, -0.1) is 0 Å². The number of hydrogen-bond acceptors (Lipinski definition) is 6. The van der Waals surface area contributed by atoms with E-state index in [4.69, 9.17) is 26.0 Å². The molecule has 0 aliphatic heterocycles. The Morgan fingerprint density at radius 2 is 1.78 bits per heavy atom. The van der Waals surface area contributed by atoms with Crippen molar-refractivity contribution in [1.29, 1.82) is 0 Å². The Balaban J connectivity index is 2.07. The number of hydrogen-bond donors (Lipinski definition) is 1. The van der Waals surface area contributed by atoms with E-state index in [0.717, 1.165) is 0 Å². The van der Waals surface area contributed by atoms with Gasteiger partial charge in [-0.1, -0.05) is 41.9 Å². The molecule has 27 heavy (non-hydrogen) atoms. The van der Waals surface area contributed by atoms with Gasteiger partial charge in [-0.2, -0.15) is 4.89 Å². The van der Waals surface area contributed by atoms with E-state index in [2.05, 4.69) is 0 Å². The molecule has 0 saturated carbocycles. The molecular weight excluding hydrogens is 372 g/mol. The minimum Gasteiger partial charge on any atom is -0.458 e. The lowest BCUT2D eigenvalue weighted by Crippen LogP contribution is -2.42. The minimum atomic E-state index is -1.86. The lowest BCUT2D eigenvalue weighted by molar-refractivity contribution is -0.395. The van der Waals surface area contributed by atoms with Crippen molar-refractivity contribution in [2.24, 2.45) is 0 Å². The second-order valence-corrected chi connectivity index (χ2v) is 7.58. The summed E-state index contributed by atoms with van der Waals surface area (Å²) in [4.78, 5) is 29.8. The van der Waals surface area contributed by atoms with E-state index in [9.17, 15) is 14.8 Å². The number of carbonyl (C=O) groups is 2. The first-order valence-corrected chi connectivity index (χ1v) is 8.68. The van der Waals surface area contributed by atoms with Crippen LogP contribution in [0.5, 0.6) is 0 Å². The van der Waals surface area contributed by atoms with Crippen LogP contribution in [-0.4, -0.2) is 29.2 Å². The number of esters is 1. The summed E-state index contributed by atoms with van der Waals surface area (Å²) < 4.78 is 11.0. The molecule has 142 valence electrons. The highest BCUT2D eigenvalue weighted by Crippen LogP contribution is 2.43. The highest BCUT2D eigenvalue weighted by atomic mass is 35.5. The van der Waals surface area contributed by atoms with Crippen molar-refractivity contribution in [3.8, 4) is 0 Å². The van der Waals surface area contributed by atoms with Crippen molar-refractivity contribution in [3.05, 3.63) is 69.7 Å². The number of halogens is 1. The van der Waals surface area contributed by atoms with Crippen LogP contribution in [0, 0.1) is 0 Å². The Hall–Kier alpha value is -2.25. The molecule has 0 fully saturated rings. The quantitative estimate of drug-likeness (QED) is 0.368. The normalized spacial score (nSPS) is 18.6. The molecule has 0 amide bonds. The van der Waals surface area contributed by atoms with Gasteiger partial charge in [0.05, 0.1) is 0 Å². The van der Waals surface area contributed by atoms with E-state index >= 15 is 0 Å². The molecule has 7 heteroatoms. The van der Waals surface area contributed by atoms with Crippen LogP contribution < -0.4 is 0 Å². The molecule has 1 unspecified atom stereocenters. The first kappa shape index (κ1) is 19.5. The lowest BCUT2D eigenvalue weighted by atomic mass is 9.80. The van der Waals surface area contributed by atoms with E-state index in [0.29, 0.717) is 5.02 Å². The summed E-state index contributed by atoms with van der Waals surface area (Å²) in [6.07, 6.45) is 0. The third kappa shape index (κ3) is 3.61. The van der Waals surface area contributed by atoms with E-state index in [1.165, 1.54) is 12.1 Å². The summed E-state index contributed by atoms with van der Waals surface area (Å²) in [6, 6.07) is 11.1. The van der Waals surface area contributed by atoms with Gasteiger partial charge in [0.25, 0.3) is 5.79 Å². The molecule has 0 saturated heterocycles. The zero-order chi connectivity index (χ0) is 19.8. The van der Waals surface area contributed by atoms with Gasteiger partial charge in [0.15, 0.2) is 5.78 Å². The molecule has 2 aromatic rings. The zero-order valence-electron chi connectivity index (χ0n) is 15.1. The van der Waals surface area contributed by atoms with Crippen LogP contribution in [0.4, 0.5) is 0 Å². The molecule has 6 nitrogen and oxygen atoms in total. The van der Waals surface area contributed by atoms with Gasteiger partial charge in [0, 0.05) is 27.3 Å². The topological polar surface area (TPSA) is 82.1 Å². The second kappa shape index (κ2) is 7.05. The fourth-order valence-corrected chi connectivity index (χ4v) is 3.23. The van der Waals surface area contributed by atoms with Crippen molar-refractivity contribution in [3.63, 3.8) is 0 Å². The third-order valence-electron chi connectivity index (χ3n) is 4.05. The maximum absolute atomic E-state index is 12.8. The van der Waals surface area contributed by atoms with E-state index < -0.39 is 24.0 Å². The number of fused-ring (bicyclic) bond motifs is 2. The summed E-state index contributed by atoms with van der Waals surface area (Å²) in [5, 5.41) is 10.2. The Morgan fingerprint density at radius 3 is 2.44 bits per heavy atom. The van der Waals surface area contributed by atoms with Crippen LogP contribution in [0.15, 0.2) is 42.5 Å². The maximum Gasteiger partial charge on any atom is 0.332 e. The molecule has 0 bridgehead atoms. The van der Waals surface area contributed by atoms with E-state index in [-0.39, 0.29) is 28.0 Å². The maximum atomic E-state index is 12.8. The second-order valence-electron chi connectivity index (χ2n) is 7.15. The minimum absolute atomic E-state index is 0.222. The summed E-state index contributed by atoms with van der Waals surface area (Å²) in [6.45, 7) is 4.70. The summed E-state index contributed by atoms with van der Waals surface area (Å²) >= 11 is 6.04. The standard InChI is InChI=1S/C20H19ClO6/c1-19(2,3)26-17(22)11-25-20(27-24)15-7-5-4-6-13(15)18(23)14-10-12(21)8-9-16(14)20/h4-10,24H,11H2,1-3H3. The van der Waals surface area contributed by atoms with Crippen LogP contribution in [0.2, 0.25) is 5.02 Å². The Morgan fingerprint density at radius 1 is 1.11 bits per heavy atom. The Kier molecular flexibility index (Phi) is 5.10. The lowest BCUT2D eigenvalue weighted by Gasteiger charge is -2.36. The molecule has 0 spiro atoms. The highest BCUT2D eigenvalue weighted by Gasteiger charge is 2.47. The highest BCUT2D eigenvalue weighted by molar-refractivity contribution is 6.31. The molecule has 0 aromatic heterocycles. The Labute approximate surface area is 161 Å². The number of ether oxygens (including phenoxy) is 2. The third-order valence-corrected chi connectivity index (χ3v) is 4.28. The van der Waals surface area contributed by atoms with Gasteiger partial charge in [-0.05, 0) is 32.9 Å². The molecule has 0 heterocycles. The van der Waals surface area contributed by atoms with Crippen molar-refractivity contribution in [2.45, 2.75) is 32.2 Å². The first-order chi connectivity index (χ1) is 12.7. The molecular formula is C20H19ClO6. The number of rotatable bonds is 4. The largest absolute Gasteiger partial charge is 0.458 e. The van der Waals surface area contributed by atoms with Gasteiger partial charge in [0.2, 0.25) is 0 Å². The van der Waals surface area contributed by atoms with Crippen LogP contribution in [0.1, 0.15) is 47.8 Å². The zero-order valence-corrected chi connectivity index (χ0v) is 15.9. The molecule has 2 aromatic carbocycles. The molecule has 1 atom stereocenters. The van der Waals surface area contributed by atoms with Gasteiger partial charge < -0.3 is 9.47 Å². The van der Waals surface area contributed by atoms with Gasteiger partial charge in [-0.3, -0.25) is 4.79 Å². The fraction of sp³-hybridized carbons (Fsp3) is 0.300. The van der Waals surface area contributed by atoms with Crippen molar-refractivity contribution >= 4 is 23.4 Å². The number of carbonyl (C=O) groups excluding carboxylic acids is 2. The van der Waals surface area contributed by atoms with Gasteiger partial charge >= 0.3 is 5.97 Å². The molecule has 1 N–H and O–H groups in total. The molecule has 0 radical (unpaired) electrons. The summed E-state index contributed by atoms with van der Waals surface area (Å²) in [5.74, 6) is -2.78. The predicted octanol–water partition coefficient (Wildman–Crippen LogP) is 3.93. The van der Waals surface area contributed by atoms with Crippen LogP contribution >= 0.6 is 11.6 Å². The fourth-order valence-electron chi connectivity index (χ4n) is 3.06. The van der Waals surface area contributed by atoms with Crippen molar-refractivity contribution in [1.82, 2.24) is 0 Å². The van der Waals surface area contributed by atoms with E-state index in [1.54, 1.807) is 51.1 Å². The van der Waals surface area contributed by atoms with E-state index in [1.807, 2.05) is 0 Å². The smallest absolute Gasteiger partial charge is 0.332 e. The average Bonchev–Trinajstić information content (AvgIpc) is 2.61. The molecule has 3 rings (SSSR count). The van der Waals surface area contributed by atoms with Gasteiger partial charge in [0.1, 0.15) is 12.2 Å². The SMILES string of the molecule is CC(C)(C)OC(=O)COC1(OO)c2ccccc2C(=O)c2cc(Cl)ccc21. The number of benzene rings is 2. The average molecular weight is 391 g/mol. The first-order valence-electron chi connectivity index (χ1n) is 8.30. The monoisotopic (exact) mass is 390 g/mol. The molecule has 1 aliphatic rings. The van der Waals surface area contributed by atoms with Crippen molar-refractivity contribution in [2.75, 3.05) is 6.61 Å². The summed E-state index contributed by atoms with van der Waals surface area (Å²) in [7, 11) is 0. The van der Waals surface area contributed by atoms with Crippen LogP contribution in [0.25, 0.3) is 0 Å². The van der Waals surface area contributed by atoms with Crippen LogP contribution in [0.3, 0.4) is 0 Å².